The molecule has 8 heteroatoms. The predicted molar refractivity (Wildman–Crippen MR) is 103 cm³/mol. The first kappa shape index (κ1) is 18.3. The average molecular weight is 384 g/mol. The summed E-state index contributed by atoms with van der Waals surface area (Å²) in [6.07, 6.45) is 4.70. The van der Waals surface area contributed by atoms with Gasteiger partial charge >= 0.3 is 0 Å². The van der Waals surface area contributed by atoms with Crippen LogP contribution in [0.1, 0.15) is 52.5 Å². The Morgan fingerprint density at radius 3 is 2.61 bits per heavy atom. The van der Waals surface area contributed by atoms with Gasteiger partial charge in [-0.2, -0.15) is 0 Å². The van der Waals surface area contributed by atoms with Gasteiger partial charge < -0.3 is 24.7 Å². The number of carbonyl (C=O) groups excluding carboxylic acids is 2. The largest absolute Gasteiger partial charge is 0.493 e. The topological polar surface area (TPSA) is 94.5 Å². The van der Waals surface area contributed by atoms with Crippen molar-refractivity contribution in [1.29, 1.82) is 0 Å². The lowest BCUT2D eigenvalue weighted by molar-refractivity contribution is 0.0935. The molecule has 1 fully saturated rings. The number of imidazole rings is 1. The van der Waals surface area contributed by atoms with Crippen molar-refractivity contribution in [2.75, 3.05) is 19.5 Å². The van der Waals surface area contributed by atoms with Crippen LogP contribution in [0.3, 0.4) is 0 Å². The van der Waals surface area contributed by atoms with Crippen molar-refractivity contribution in [2.45, 2.75) is 44.7 Å². The first-order valence-electron chi connectivity index (χ1n) is 9.54. The quantitative estimate of drug-likeness (QED) is 0.797. The van der Waals surface area contributed by atoms with Crippen molar-refractivity contribution in [1.82, 2.24) is 14.9 Å². The van der Waals surface area contributed by atoms with Gasteiger partial charge in [0, 0.05) is 24.3 Å². The van der Waals surface area contributed by atoms with Gasteiger partial charge in [0.25, 0.3) is 11.8 Å². The minimum Gasteiger partial charge on any atom is -0.493 e. The minimum atomic E-state index is -0.330. The molecule has 1 saturated carbocycles. The summed E-state index contributed by atoms with van der Waals surface area (Å²) >= 11 is 0. The summed E-state index contributed by atoms with van der Waals surface area (Å²) in [5, 5.41) is 5.82. The van der Waals surface area contributed by atoms with Gasteiger partial charge in [-0.25, -0.2) is 4.98 Å². The second-order valence-corrected chi connectivity index (χ2v) is 7.11. The molecule has 0 saturated heterocycles. The maximum absolute atomic E-state index is 12.9. The zero-order valence-electron chi connectivity index (χ0n) is 16.1. The van der Waals surface area contributed by atoms with Crippen LogP contribution in [-0.4, -0.2) is 41.6 Å². The van der Waals surface area contributed by atoms with E-state index >= 15 is 0 Å². The number of carbonyl (C=O) groups is 2. The molecule has 2 heterocycles. The summed E-state index contributed by atoms with van der Waals surface area (Å²) in [6, 6.07) is 5.40. The number of aromatic nitrogens is 2. The van der Waals surface area contributed by atoms with E-state index in [-0.39, 0.29) is 17.9 Å². The molecule has 8 nitrogen and oxygen atoms in total. The predicted octanol–water partition coefficient (Wildman–Crippen LogP) is 2.38. The Bertz CT molecular complexity index is 917. The van der Waals surface area contributed by atoms with Crippen molar-refractivity contribution in [3.63, 3.8) is 0 Å². The summed E-state index contributed by atoms with van der Waals surface area (Å²) in [4.78, 5) is 29.9. The molecular formula is C20H24N4O4. The highest BCUT2D eigenvalue weighted by Gasteiger charge is 2.30. The molecular weight excluding hydrogens is 360 g/mol. The number of rotatable bonds is 6. The minimum absolute atomic E-state index is 0.198. The van der Waals surface area contributed by atoms with Crippen LogP contribution in [0, 0.1) is 0 Å². The average Bonchev–Trinajstić information content (AvgIpc) is 3.44. The molecule has 2 aliphatic rings. The number of hydrogen-bond acceptors (Lipinski definition) is 5. The van der Waals surface area contributed by atoms with Crippen LogP contribution in [0.4, 0.5) is 5.69 Å². The summed E-state index contributed by atoms with van der Waals surface area (Å²) in [5.74, 6) is 0.911. The van der Waals surface area contributed by atoms with Crippen molar-refractivity contribution in [3.8, 4) is 11.5 Å². The molecule has 0 spiro atoms. The van der Waals surface area contributed by atoms with Crippen molar-refractivity contribution in [2.24, 2.45) is 0 Å². The summed E-state index contributed by atoms with van der Waals surface area (Å²) in [7, 11) is 3.10. The van der Waals surface area contributed by atoms with E-state index in [1.807, 2.05) is 4.57 Å². The SMILES string of the molecule is COc1ccc(NC(=O)c2nc(C(=O)NC3CC3)n3c2CCCC3)cc1OC. The zero-order chi connectivity index (χ0) is 19.7. The molecule has 1 aliphatic carbocycles. The molecule has 1 aromatic carbocycles. The number of fused-ring (bicyclic) bond motifs is 1. The number of ether oxygens (including phenoxy) is 2. The van der Waals surface area contributed by atoms with Gasteiger partial charge in [0.2, 0.25) is 0 Å². The fourth-order valence-electron chi connectivity index (χ4n) is 3.48. The van der Waals surface area contributed by atoms with E-state index in [0.717, 1.165) is 37.8 Å². The second-order valence-electron chi connectivity index (χ2n) is 7.11. The van der Waals surface area contributed by atoms with Gasteiger partial charge in [0.1, 0.15) is 0 Å². The highest BCUT2D eigenvalue weighted by atomic mass is 16.5. The molecule has 0 atom stereocenters. The Morgan fingerprint density at radius 2 is 1.89 bits per heavy atom. The smallest absolute Gasteiger partial charge is 0.287 e. The van der Waals surface area contributed by atoms with Crippen LogP contribution in [-0.2, 0) is 13.0 Å². The lowest BCUT2D eigenvalue weighted by Crippen LogP contribution is -2.29. The zero-order valence-corrected chi connectivity index (χ0v) is 16.1. The van der Waals surface area contributed by atoms with E-state index in [9.17, 15) is 9.59 Å². The number of hydrogen-bond donors (Lipinski definition) is 2. The number of nitrogens with one attached hydrogen (secondary N) is 2. The van der Waals surface area contributed by atoms with E-state index in [0.29, 0.717) is 35.2 Å². The van der Waals surface area contributed by atoms with Gasteiger partial charge in [-0.15, -0.1) is 0 Å². The highest BCUT2D eigenvalue weighted by Crippen LogP contribution is 2.30. The van der Waals surface area contributed by atoms with E-state index in [1.54, 1.807) is 32.4 Å². The van der Waals surface area contributed by atoms with Crippen LogP contribution >= 0.6 is 0 Å². The number of amides is 2. The Labute approximate surface area is 163 Å². The summed E-state index contributed by atoms with van der Waals surface area (Å²) < 4.78 is 12.4. The van der Waals surface area contributed by atoms with Gasteiger partial charge in [-0.05, 0) is 44.2 Å². The molecule has 0 radical (unpaired) electrons. The van der Waals surface area contributed by atoms with E-state index in [1.165, 1.54) is 0 Å². The van der Waals surface area contributed by atoms with Crippen LogP contribution in [0.5, 0.6) is 11.5 Å². The Hall–Kier alpha value is -3.03. The third-order valence-electron chi connectivity index (χ3n) is 5.09. The highest BCUT2D eigenvalue weighted by molar-refractivity contribution is 6.05. The monoisotopic (exact) mass is 384 g/mol. The molecule has 0 bridgehead atoms. The second kappa shape index (κ2) is 7.53. The molecule has 2 aromatic rings. The fraction of sp³-hybridized carbons (Fsp3) is 0.450. The van der Waals surface area contributed by atoms with E-state index < -0.39 is 0 Å². The molecule has 4 rings (SSSR count). The van der Waals surface area contributed by atoms with Crippen LogP contribution in [0.25, 0.3) is 0 Å². The molecule has 1 aromatic heterocycles. The normalized spacial score (nSPS) is 15.5. The van der Waals surface area contributed by atoms with Crippen molar-refractivity contribution < 1.29 is 19.1 Å². The first-order valence-corrected chi connectivity index (χ1v) is 9.54. The molecule has 2 N–H and O–H groups in total. The summed E-state index contributed by atoms with van der Waals surface area (Å²) in [6.45, 7) is 0.708. The third-order valence-corrected chi connectivity index (χ3v) is 5.09. The van der Waals surface area contributed by atoms with Gasteiger partial charge in [0.15, 0.2) is 23.0 Å². The molecule has 2 amide bonds. The maximum Gasteiger partial charge on any atom is 0.287 e. The fourth-order valence-corrected chi connectivity index (χ4v) is 3.48. The standard InChI is InChI=1S/C20H24N4O4/c1-27-15-9-8-13(11-16(15)28-2)22-19(25)17-14-5-3-4-10-24(14)18(23-17)20(26)21-12-6-7-12/h8-9,11-12H,3-7,10H2,1-2H3,(H,21,26)(H,22,25). The van der Waals surface area contributed by atoms with Crippen LogP contribution < -0.4 is 20.1 Å². The molecule has 148 valence electrons. The Kier molecular flexibility index (Phi) is 4.93. The molecule has 28 heavy (non-hydrogen) atoms. The van der Waals surface area contributed by atoms with E-state index in [2.05, 4.69) is 15.6 Å². The van der Waals surface area contributed by atoms with E-state index in [4.69, 9.17) is 9.47 Å². The number of nitrogens with zero attached hydrogens (tertiary/aromatic N) is 2. The maximum atomic E-state index is 12.9. The van der Waals surface area contributed by atoms with Gasteiger partial charge in [-0.3, -0.25) is 9.59 Å². The lowest BCUT2D eigenvalue weighted by Gasteiger charge is -2.17. The first-order chi connectivity index (χ1) is 13.6. The Morgan fingerprint density at radius 1 is 1.11 bits per heavy atom. The van der Waals surface area contributed by atoms with Crippen LogP contribution in [0.15, 0.2) is 18.2 Å². The number of anilines is 1. The van der Waals surface area contributed by atoms with Crippen molar-refractivity contribution >= 4 is 17.5 Å². The van der Waals surface area contributed by atoms with Crippen molar-refractivity contribution in [3.05, 3.63) is 35.4 Å². The lowest BCUT2D eigenvalue weighted by atomic mass is 10.1. The van der Waals surface area contributed by atoms with Gasteiger partial charge in [-0.1, -0.05) is 0 Å². The number of benzene rings is 1. The summed E-state index contributed by atoms with van der Waals surface area (Å²) in [5.41, 5.74) is 1.71. The molecule has 1 aliphatic heterocycles. The molecule has 0 unspecified atom stereocenters. The number of methoxy groups -OCH3 is 2. The van der Waals surface area contributed by atoms with Gasteiger partial charge in [0.05, 0.1) is 19.9 Å². The Balaban J connectivity index is 1.60. The van der Waals surface area contributed by atoms with Crippen LogP contribution in [0.2, 0.25) is 0 Å². The third kappa shape index (κ3) is 3.54.